The number of carboxylic acids is 1. The number of rotatable bonds is 7. The fraction of sp³-hybridized carbons (Fsp3) is 0.417. The summed E-state index contributed by atoms with van der Waals surface area (Å²) in [4.78, 5) is 10.3. The van der Waals surface area contributed by atoms with Crippen LogP contribution in [0.5, 0.6) is 5.75 Å². The van der Waals surface area contributed by atoms with Gasteiger partial charge in [0.15, 0.2) is 0 Å². The van der Waals surface area contributed by atoms with Crippen molar-refractivity contribution >= 4 is 28.6 Å². The van der Waals surface area contributed by atoms with Gasteiger partial charge < -0.3 is 9.84 Å². The molecule has 4 heteroatoms. The highest BCUT2D eigenvalue weighted by Crippen LogP contribution is 2.14. The molecule has 1 N–H and O–H groups in total. The van der Waals surface area contributed by atoms with Crippen LogP contribution in [0.25, 0.3) is 0 Å². The smallest absolute Gasteiger partial charge is 0.303 e. The van der Waals surface area contributed by atoms with Gasteiger partial charge in [-0.05, 0) is 66.1 Å². The average Bonchev–Trinajstić information content (AvgIpc) is 2.25. The Balaban J connectivity index is 2.07. The molecule has 0 heterocycles. The van der Waals surface area contributed by atoms with Crippen molar-refractivity contribution in [2.24, 2.45) is 0 Å². The molecule has 3 nitrogen and oxygen atoms in total. The fourth-order valence-corrected chi connectivity index (χ4v) is 1.64. The van der Waals surface area contributed by atoms with Crippen LogP contribution in [0.3, 0.4) is 0 Å². The van der Waals surface area contributed by atoms with Gasteiger partial charge in [-0.1, -0.05) is 0 Å². The number of benzene rings is 1. The first-order valence-electron chi connectivity index (χ1n) is 5.28. The van der Waals surface area contributed by atoms with Gasteiger partial charge in [-0.3, -0.25) is 4.79 Å². The summed E-state index contributed by atoms with van der Waals surface area (Å²) in [7, 11) is 0. The summed E-state index contributed by atoms with van der Waals surface area (Å²) in [6.07, 6.45) is 2.78. The molecule has 1 rings (SSSR count). The first-order chi connectivity index (χ1) is 7.68. The van der Waals surface area contributed by atoms with Gasteiger partial charge >= 0.3 is 5.97 Å². The van der Waals surface area contributed by atoms with Crippen molar-refractivity contribution in [3.05, 3.63) is 27.8 Å². The van der Waals surface area contributed by atoms with Crippen LogP contribution >= 0.6 is 22.6 Å². The zero-order valence-corrected chi connectivity index (χ0v) is 11.1. The van der Waals surface area contributed by atoms with Gasteiger partial charge in [0, 0.05) is 9.99 Å². The average molecular weight is 334 g/mol. The van der Waals surface area contributed by atoms with E-state index in [2.05, 4.69) is 22.6 Å². The Morgan fingerprint density at radius 1 is 1.19 bits per heavy atom. The van der Waals surface area contributed by atoms with Crippen molar-refractivity contribution < 1.29 is 14.6 Å². The van der Waals surface area contributed by atoms with E-state index in [9.17, 15) is 4.79 Å². The highest BCUT2D eigenvalue weighted by atomic mass is 127. The standard InChI is InChI=1S/C12H15IO3/c13-10-5-7-11(8-6-10)16-9-3-1-2-4-12(14)15/h5-8H,1-4,9H2,(H,14,15). The van der Waals surface area contributed by atoms with Crippen LogP contribution in [0, 0.1) is 3.57 Å². The summed E-state index contributed by atoms with van der Waals surface area (Å²) in [6, 6.07) is 7.89. The minimum atomic E-state index is -0.724. The van der Waals surface area contributed by atoms with Crippen LogP contribution in [-0.2, 0) is 4.79 Å². The molecule has 88 valence electrons. The van der Waals surface area contributed by atoms with E-state index in [1.807, 2.05) is 24.3 Å². The predicted molar refractivity (Wildman–Crippen MR) is 70.8 cm³/mol. The van der Waals surface area contributed by atoms with Crippen LogP contribution in [0.15, 0.2) is 24.3 Å². The second kappa shape index (κ2) is 7.49. The highest BCUT2D eigenvalue weighted by Gasteiger charge is 1.97. The van der Waals surface area contributed by atoms with E-state index >= 15 is 0 Å². The van der Waals surface area contributed by atoms with Crippen LogP contribution < -0.4 is 4.74 Å². The molecular formula is C12H15IO3. The molecule has 0 aliphatic carbocycles. The molecule has 0 unspecified atom stereocenters. The first-order valence-corrected chi connectivity index (χ1v) is 6.36. The number of aliphatic carboxylic acids is 1. The zero-order valence-electron chi connectivity index (χ0n) is 8.99. The summed E-state index contributed by atoms with van der Waals surface area (Å²) in [5.74, 6) is 0.150. The maximum absolute atomic E-state index is 10.3. The molecule has 0 amide bonds. The predicted octanol–water partition coefficient (Wildman–Crippen LogP) is 3.32. The normalized spacial score (nSPS) is 10.1. The van der Waals surface area contributed by atoms with Gasteiger partial charge in [-0.15, -0.1) is 0 Å². The van der Waals surface area contributed by atoms with Gasteiger partial charge in [0.2, 0.25) is 0 Å². The molecule has 1 aromatic carbocycles. The van der Waals surface area contributed by atoms with E-state index in [4.69, 9.17) is 9.84 Å². The van der Waals surface area contributed by atoms with E-state index in [1.165, 1.54) is 3.57 Å². The Kier molecular flexibility index (Phi) is 6.22. The largest absolute Gasteiger partial charge is 0.494 e. The number of carbonyl (C=O) groups is 1. The highest BCUT2D eigenvalue weighted by molar-refractivity contribution is 14.1. The lowest BCUT2D eigenvalue weighted by atomic mass is 10.2. The number of hydrogen-bond donors (Lipinski definition) is 1. The molecule has 0 saturated carbocycles. The number of carboxylic acid groups (broad SMARTS) is 1. The molecule has 0 spiro atoms. The minimum absolute atomic E-state index is 0.254. The topological polar surface area (TPSA) is 46.5 Å². The summed E-state index contributed by atoms with van der Waals surface area (Å²) in [5, 5.41) is 8.44. The van der Waals surface area contributed by atoms with E-state index < -0.39 is 5.97 Å². The number of unbranched alkanes of at least 4 members (excludes halogenated alkanes) is 2. The van der Waals surface area contributed by atoms with Gasteiger partial charge in [-0.2, -0.15) is 0 Å². The SMILES string of the molecule is O=C(O)CCCCCOc1ccc(I)cc1. The number of ether oxygens (including phenoxy) is 1. The second-order valence-corrected chi connectivity index (χ2v) is 4.75. The molecule has 1 aromatic rings. The molecule has 0 atom stereocenters. The van der Waals surface area contributed by atoms with Gasteiger partial charge in [-0.25, -0.2) is 0 Å². The van der Waals surface area contributed by atoms with E-state index in [-0.39, 0.29) is 6.42 Å². The quantitative estimate of drug-likeness (QED) is 0.615. The Morgan fingerprint density at radius 2 is 1.88 bits per heavy atom. The number of halogens is 1. The van der Waals surface area contributed by atoms with Crippen molar-refractivity contribution in [3.8, 4) is 5.75 Å². The first kappa shape index (κ1) is 13.3. The molecule has 0 bridgehead atoms. The Morgan fingerprint density at radius 3 is 2.50 bits per heavy atom. The van der Waals surface area contributed by atoms with E-state index in [1.54, 1.807) is 0 Å². The minimum Gasteiger partial charge on any atom is -0.494 e. The van der Waals surface area contributed by atoms with Crippen molar-refractivity contribution in [1.29, 1.82) is 0 Å². The van der Waals surface area contributed by atoms with Gasteiger partial charge in [0.1, 0.15) is 5.75 Å². The summed E-state index contributed by atoms with van der Waals surface area (Å²) < 4.78 is 6.70. The lowest BCUT2D eigenvalue weighted by Crippen LogP contribution is -1.99. The van der Waals surface area contributed by atoms with Crippen LogP contribution in [0.4, 0.5) is 0 Å². The van der Waals surface area contributed by atoms with Gasteiger partial charge in [0.25, 0.3) is 0 Å². The zero-order chi connectivity index (χ0) is 11.8. The molecule has 0 radical (unpaired) electrons. The lowest BCUT2D eigenvalue weighted by Gasteiger charge is -2.05. The summed E-state index contributed by atoms with van der Waals surface area (Å²) >= 11 is 2.25. The van der Waals surface area contributed by atoms with Crippen molar-refractivity contribution in [3.63, 3.8) is 0 Å². The Bertz CT molecular complexity index is 322. The van der Waals surface area contributed by atoms with E-state index in [0.717, 1.165) is 25.0 Å². The van der Waals surface area contributed by atoms with Crippen LogP contribution in [0.1, 0.15) is 25.7 Å². The monoisotopic (exact) mass is 334 g/mol. The van der Waals surface area contributed by atoms with Crippen LogP contribution in [-0.4, -0.2) is 17.7 Å². The Labute approximate surface area is 109 Å². The lowest BCUT2D eigenvalue weighted by molar-refractivity contribution is -0.137. The third-order valence-electron chi connectivity index (χ3n) is 2.12. The molecule has 0 fully saturated rings. The van der Waals surface area contributed by atoms with E-state index in [0.29, 0.717) is 6.61 Å². The molecule has 0 aromatic heterocycles. The molecule has 0 aliphatic heterocycles. The summed E-state index contributed by atoms with van der Waals surface area (Å²) in [6.45, 7) is 0.653. The fourth-order valence-electron chi connectivity index (χ4n) is 1.28. The maximum atomic E-state index is 10.3. The van der Waals surface area contributed by atoms with Gasteiger partial charge in [0.05, 0.1) is 6.61 Å². The Hall–Kier alpha value is -0.780. The molecule has 0 saturated heterocycles. The maximum Gasteiger partial charge on any atom is 0.303 e. The molecule has 0 aliphatic rings. The third kappa shape index (κ3) is 5.95. The molecule has 16 heavy (non-hydrogen) atoms. The molecular weight excluding hydrogens is 319 g/mol. The van der Waals surface area contributed by atoms with Crippen molar-refractivity contribution in [2.45, 2.75) is 25.7 Å². The number of hydrogen-bond acceptors (Lipinski definition) is 2. The second-order valence-electron chi connectivity index (χ2n) is 3.51. The van der Waals surface area contributed by atoms with Crippen LogP contribution in [0.2, 0.25) is 0 Å². The summed E-state index contributed by atoms with van der Waals surface area (Å²) in [5.41, 5.74) is 0. The van der Waals surface area contributed by atoms with Crippen molar-refractivity contribution in [1.82, 2.24) is 0 Å². The van der Waals surface area contributed by atoms with Crippen molar-refractivity contribution in [2.75, 3.05) is 6.61 Å². The third-order valence-corrected chi connectivity index (χ3v) is 2.84.